The molecular weight excluding hydrogens is 360 g/mol. The summed E-state index contributed by atoms with van der Waals surface area (Å²) >= 11 is 1.47. The van der Waals surface area contributed by atoms with Crippen molar-refractivity contribution in [3.63, 3.8) is 0 Å². The van der Waals surface area contributed by atoms with Crippen molar-refractivity contribution in [2.75, 3.05) is 20.3 Å². The predicted molar refractivity (Wildman–Crippen MR) is 111 cm³/mol. The number of hydrogen-bond acceptors (Lipinski definition) is 6. The molecule has 0 bridgehead atoms. The van der Waals surface area contributed by atoms with Crippen molar-refractivity contribution in [3.05, 3.63) is 52.0 Å². The highest BCUT2D eigenvalue weighted by atomic mass is 32.1. The van der Waals surface area contributed by atoms with E-state index in [9.17, 15) is 0 Å². The fourth-order valence-corrected chi connectivity index (χ4v) is 3.38. The Morgan fingerprint density at radius 2 is 1.93 bits per heavy atom. The van der Waals surface area contributed by atoms with E-state index in [0.29, 0.717) is 18.4 Å². The maximum absolute atomic E-state index is 5.75. The Morgan fingerprint density at radius 1 is 1.15 bits per heavy atom. The molecule has 0 aliphatic heterocycles. The van der Waals surface area contributed by atoms with Crippen molar-refractivity contribution >= 4 is 17.6 Å². The van der Waals surface area contributed by atoms with Gasteiger partial charge in [0.25, 0.3) is 5.19 Å². The van der Waals surface area contributed by atoms with Crippen molar-refractivity contribution in [1.82, 2.24) is 4.98 Å². The first-order valence-corrected chi connectivity index (χ1v) is 10.0. The van der Waals surface area contributed by atoms with Gasteiger partial charge in [-0.2, -0.15) is 0 Å². The summed E-state index contributed by atoms with van der Waals surface area (Å²) in [6, 6.07) is 4.25. The van der Waals surface area contributed by atoms with Crippen molar-refractivity contribution in [2.24, 2.45) is 5.16 Å². The van der Waals surface area contributed by atoms with Crippen LogP contribution in [0.1, 0.15) is 42.1 Å². The smallest absolute Gasteiger partial charge is 0.273 e. The molecule has 6 heteroatoms. The SMILES string of the molecule is C/C=C/COc1cc(C)c(CCCCOc2nc(C=NOC)cs2)c(C)c1. The molecule has 0 saturated carbocycles. The first-order valence-electron chi connectivity index (χ1n) is 9.13. The molecule has 0 radical (unpaired) electrons. The van der Waals surface area contributed by atoms with E-state index >= 15 is 0 Å². The Hall–Kier alpha value is -2.34. The lowest BCUT2D eigenvalue weighted by molar-refractivity contribution is 0.215. The Bertz CT molecular complexity index is 746. The average Bonchev–Trinajstić information content (AvgIpc) is 3.09. The second-order valence-corrected chi connectivity index (χ2v) is 7.00. The Labute approximate surface area is 165 Å². The molecule has 2 aromatic rings. The number of oxime groups is 1. The number of aromatic nitrogens is 1. The van der Waals surface area contributed by atoms with Crippen LogP contribution in [0.2, 0.25) is 0 Å². The minimum Gasteiger partial charge on any atom is -0.490 e. The highest BCUT2D eigenvalue weighted by molar-refractivity contribution is 7.11. The van der Waals surface area contributed by atoms with E-state index in [-0.39, 0.29) is 0 Å². The predicted octanol–water partition coefficient (Wildman–Crippen LogP) is 5.10. The standard InChI is InChI=1S/C21H28N2O3S/c1-5-6-10-25-19-12-16(2)20(17(3)13-19)9-7-8-11-26-21-23-18(15-27-21)14-22-24-4/h5-6,12-15H,7-11H2,1-4H3/b6-5+,22-14?. The van der Waals surface area contributed by atoms with Crippen LogP contribution in [-0.4, -0.2) is 31.5 Å². The van der Waals surface area contributed by atoms with Crippen LogP contribution in [0.3, 0.4) is 0 Å². The van der Waals surface area contributed by atoms with Gasteiger partial charge in [0, 0.05) is 5.38 Å². The Morgan fingerprint density at radius 3 is 2.63 bits per heavy atom. The molecule has 0 atom stereocenters. The van der Waals surface area contributed by atoms with E-state index in [1.54, 1.807) is 6.21 Å². The minimum absolute atomic E-state index is 0.613. The number of ether oxygens (including phenoxy) is 2. The number of thiazole rings is 1. The van der Waals surface area contributed by atoms with Crippen LogP contribution in [0.15, 0.2) is 34.8 Å². The van der Waals surface area contributed by atoms with Gasteiger partial charge in [-0.3, -0.25) is 0 Å². The zero-order chi connectivity index (χ0) is 19.5. The van der Waals surface area contributed by atoms with Gasteiger partial charge in [-0.05, 0) is 68.9 Å². The summed E-state index contributed by atoms with van der Waals surface area (Å²) in [5.74, 6) is 0.937. The Kier molecular flexibility index (Phi) is 8.84. The topological polar surface area (TPSA) is 52.9 Å². The van der Waals surface area contributed by atoms with E-state index in [1.165, 1.54) is 35.1 Å². The number of allylic oxidation sites excluding steroid dienone is 1. The molecule has 5 nitrogen and oxygen atoms in total. The van der Waals surface area contributed by atoms with Crippen LogP contribution in [0.25, 0.3) is 0 Å². The summed E-state index contributed by atoms with van der Waals surface area (Å²) in [6.07, 6.45) is 8.67. The number of nitrogens with zero attached hydrogens (tertiary/aromatic N) is 2. The number of hydrogen-bond donors (Lipinski definition) is 0. The van der Waals surface area contributed by atoms with E-state index in [4.69, 9.17) is 9.47 Å². The highest BCUT2D eigenvalue weighted by Crippen LogP contribution is 2.24. The zero-order valence-electron chi connectivity index (χ0n) is 16.5. The number of unbranched alkanes of at least 4 members (excludes halogenated alkanes) is 1. The lowest BCUT2D eigenvalue weighted by atomic mass is 9.97. The second-order valence-electron chi connectivity index (χ2n) is 6.18. The number of rotatable bonds is 11. The molecule has 0 unspecified atom stereocenters. The van der Waals surface area contributed by atoms with Gasteiger partial charge in [-0.25, -0.2) is 4.98 Å². The van der Waals surface area contributed by atoms with Crippen LogP contribution in [0.5, 0.6) is 10.9 Å². The molecule has 1 aromatic carbocycles. The van der Waals surface area contributed by atoms with Crippen LogP contribution >= 0.6 is 11.3 Å². The number of aryl methyl sites for hydroxylation is 2. The van der Waals surface area contributed by atoms with Crippen LogP contribution in [-0.2, 0) is 11.3 Å². The molecule has 0 fully saturated rings. The van der Waals surface area contributed by atoms with Crippen molar-refractivity contribution in [2.45, 2.75) is 40.0 Å². The third kappa shape index (κ3) is 7.06. The maximum Gasteiger partial charge on any atom is 0.273 e. The third-order valence-corrected chi connectivity index (χ3v) is 4.86. The van der Waals surface area contributed by atoms with Gasteiger partial charge in [0.05, 0.1) is 18.5 Å². The molecule has 1 heterocycles. The van der Waals surface area contributed by atoms with Crippen LogP contribution in [0, 0.1) is 13.8 Å². The molecule has 0 aliphatic carbocycles. The van der Waals surface area contributed by atoms with Gasteiger partial charge in [0.2, 0.25) is 0 Å². The van der Waals surface area contributed by atoms with Crippen molar-refractivity contribution in [1.29, 1.82) is 0 Å². The monoisotopic (exact) mass is 388 g/mol. The van der Waals surface area contributed by atoms with Crippen LogP contribution < -0.4 is 9.47 Å². The van der Waals surface area contributed by atoms with Gasteiger partial charge < -0.3 is 14.3 Å². The summed E-state index contributed by atoms with van der Waals surface area (Å²) in [5, 5.41) is 6.26. The minimum atomic E-state index is 0.613. The van der Waals surface area contributed by atoms with Crippen molar-refractivity contribution < 1.29 is 14.3 Å². The summed E-state index contributed by atoms with van der Waals surface area (Å²) in [7, 11) is 1.51. The molecule has 0 saturated heterocycles. The van der Waals surface area contributed by atoms with E-state index in [1.807, 2.05) is 24.5 Å². The maximum atomic E-state index is 5.75. The molecular formula is C21H28N2O3S. The van der Waals surface area contributed by atoms with E-state index < -0.39 is 0 Å². The van der Waals surface area contributed by atoms with Gasteiger partial charge in [0.1, 0.15) is 19.5 Å². The molecule has 0 N–H and O–H groups in total. The molecule has 2 rings (SSSR count). The fraction of sp³-hybridized carbons (Fsp3) is 0.429. The van der Waals surface area contributed by atoms with Crippen LogP contribution in [0.4, 0.5) is 0 Å². The lowest BCUT2D eigenvalue weighted by Crippen LogP contribution is -2.01. The summed E-state index contributed by atoms with van der Waals surface area (Å²) in [4.78, 5) is 8.96. The average molecular weight is 389 g/mol. The summed E-state index contributed by atoms with van der Waals surface area (Å²) in [6.45, 7) is 7.58. The first-order chi connectivity index (χ1) is 13.1. The molecule has 0 amide bonds. The summed E-state index contributed by atoms with van der Waals surface area (Å²) < 4.78 is 11.5. The lowest BCUT2D eigenvalue weighted by Gasteiger charge is -2.13. The molecule has 0 spiro atoms. The molecule has 27 heavy (non-hydrogen) atoms. The van der Waals surface area contributed by atoms with E-state index in [2.05, 4.69) is 41.0 Å². The molecule has 1 aromatic heterocycles. The second kappa shape index (κ2) is 11.4. The van der Waals surface area contributed by atoms with Gasteiger partial charge in [0.15, 0.2) is 0 Å². The normalized spacial score (nSPS) is 11.4. The first kappa shape index (κ1) is 21.0. The summed E-state index contributed by atoms with van der Waals surface area (Å²) in [5.41, 5.74) is 4.72. The number of benzene rings is 1. The zero-order valence-corrected chi connectivity index (χ0v) is 17.3. The molecule has 0 aliphatic rings. The fourth-order valence-electron chi connectivity index (χ4n) is 2.74. The third-order valence-electron chi connectivity index (χ3n) is 4.09. The van der Waals surface area contributed by atoms with Gasteiger partial charge in [-0.1, -0.05) is 28.6 Å². The van der Waals surface area contributed by atoms with Gasteiger partial charge in [-0.15, -0.1) is 0 Å². The molecule has 146 valence electrons. The highest BCUT2D eigenvalue weighted by Gasteiger charge is 2.07. The quantitative estimate of drug-likeness (QED) is 0.233. The largest absolute Gasteiger partial charge is 0.490 e. The van der Waals surface area contributed by atoms with Gasteiger partial charge >= 0.3 is 0 Å². The van der Waals surface area contributed by atoms with Crippen molar-refractivity contribution in [3.8, 4) is 10.9 Å². The Balaban J connectivity index is 1.76. The van der Waals surface area contributed by atoms with E-state index in [0.717, 1.165) is 30.7 Å².